The number of amides is 1. The molecule has 1 fully saturated rings. The van der Waals surface area contributed by atoms with E-state index < -0.39 is 10.0 Å². The lowest BCUT2D eigenvalue weighted by Gasteiger charge is -2.29. The molecule has 6 heteroatoms. The first-order valence-electron chi connectivity index (χ1n) is 9.26. The van der Waals surface area contributed by atoms with Gasteiger partial charge in [0.25, 0.3) is 5.91 Å². The Morgan fingerprint density at radius 3 is 2.30 bits per heavy atom. The molecule has 1 N–H and O–H groups in total. The van der Waals surface area contributed by atoms with E-state index in [1.165, 1.54) is 16.4 Å². The van der Waals surface area contributed by atoms with Crippen LogP contribution in [0.1, 0.15) is 41.3 Å². The van der Waals surface area contributed by atoms with Gasteiger partial charge in [0.15, 0.2) is 0 Å². The van der Waals surface area contributed by atoms with Crippen LogP contribution in [-0.4, -0.2) is 31.7 Å². The molecule has 1 saturated heterocycles. The van der Waals surface area contributed by atoms with Crippen molar-refractivity contribution >= 4 is 21.6 Å². The predicted octanol–water partition coefficient (Wildman–Crippen LogP) is 3.98. The Balaban J connectivity index is 1.74. The Hall–Kier alpha value is -2.18. The first-order valence-corrected chi connectivity index (χ1v) is 10.7. The van der Waals surface area contributed by atoms with Gasteiger partial charge in [-0.3, -0.25) is 4.79 Å². The SMILES string of the molecule is Cc1ccc(C)c(NC(=O)c2ccc(S(=O)(=O)N3CCC(C)CC3)cc2)c1. The average molecular weight is 387 g/mol. The zero-order valence-corrected chi connectivity index (χ0v) is 16.8. The van der Waals surface area contributed by atoms with Gasteiger partial charge in [0.05, 0.1) is 4.90 Å². The van der Waals surface area contributed by atoms with E-state index >= 15 is 0 Å². The van der Waals surface area contributed by atoms with E-state index in [2.05, 4.69) is 12.2 Å². The summed E-state index contributed by atoms with van der Waals surface area (Å²) in [6.45, 7) is 7.16. The lowest BCUT2D eigenvalue weighted by molar-refractivity contribution is 0.102. The maximum atomic E-state index is 12.8. The van der Waals surface area contributed by atoms with Crippen molar-refractivity contribution in [1.82, 2.24) is 4.31 Å². The van der Waals surface area contributed by atoms with Gasteiger partial charge in [0.2, 0.25) is 10.0 Å². The summed E-state index contributed by atoms with van der Waals surface area (Å²) in [4.78, 5) is 12.7. The van der Waals surface area contributed by atoms with Crippen LogP contribution < -0.4 is 5.32 Å². The van der Waals surface area contributed by atoms with Crippen molar-refractivity contribution < 1.29 is 13.2 Å². The molecule has 3 rings (SSSR count). The van der Waals surface area contributed by atoms with Crippen molar-refractivity contribution in [2.75, 3.05) is 18.4 Å². The summed E-state index contributed by atoms with van der Waals surface area (Å²) in [6, 6.07) is 12.0. The molecule has 0 spiro atoms. The van der Waals surface area contributed by atoms with Crippen molar-refractivity contribution in [1.29, 1.82) is 0 Å². The summed E-state index contributed by atoms with van der Waals surface area (Å²) in [5, 5.41) is 2.89. The van der Waals surface area contributed by atoms with Crippen molar-refractivity contribution in [2.24, 2.45) is 5.92 Å². The summed E-state index contributed by atoms with van der Waals surface area (Å²) in [6.07, 6.45) is 1.77. The third-order valence-corrected chi connectivity index (χ3v) is 7.05. The Bertz CT molecular complexity index is 928. The van der Waals surface area contributed by atoms with Crippen LogP contribution in [0.3, 0.4) is 0 Å². The van der Waals surface area contributed by atoms with Crippen LogP contribution in [-0.2, 0) is 10.0 Å². The second kappa shape index (κ2) is 7.82. The van der Waals surface area contributed by atoms with E-state index in [-0.39, 0.29) is 10.8 Å². The van der Waals surface area contributed by atoms with Crippen molar-refractivity contribution in [2.45, 2.75) is 38.5 Å². The third kappa shape index (κ3) is 4.39. The van der Waals surface area contributed by atoms with Crippen LogP contribution in [0.2, 0.25) is 0 Å². The fourth-order valence-corrected chi connectivity index (χ4v) is 4.69. The maximum absolute atomic E-state index is 12.8. The quantitative estimate of drug-likeness (QED) is 0.864. The molecule has 0 bridgehead atoms. The maximum Gasteiger partial charge on any atom is 0.255 e. The number of nitrogens with zero attached hydrogens (tertiary/aromatic N) is 1. The van der Waals surface area contributed by atoms with Crippen LogP contribution in [0.5, 0.6) is 0 Å². The highest BCUT2D eigenvalue weighted by Crippen LogP contribution is 2.24. The lowest BCUT2D eigenvalue weighted by atomic mass is 10.0. The largest absolute Gasteiger partial charge is 0.322 e. The van der Waals surface area contributed by atoms with E-state index in [1.54, 1.807) is 12.1 Å². The third-order valence-electron chi connectivity index (χ3n) is 5.14. The number of aryl methyl sites for hydroxylation is 2. The normalized spacial score (nSPS) is 16.3. The molecule has 1 aliphatic rings. The first kappa shape index (κ1) is 19.6. The minimum atomic E-state index is -3.50. The minimum Gasteiger partial charge on any atom is -0.322 e. The smallest absolute Gasteiger partial charge is 0.255 e. The van der Waals surface area contributed by atoms with Crippen LogP contribution in [0.4, 0.5) is 5.69 Å². The number of carbonyl (C=O) groups excluding carboxylic acids is 1. The summed E-state index contributed by atoms with van der Waals surface area (Å²) < 4.78 is 27.1. The van der Waals surface area contributed by atoms with Gasteiger partial charge in [0, 0.05) is 24.3 Å². The molecule has 27 heavy (non-hydrogen) atoms. The Kier molecular flexibility index (Phi) is 5.67. The zero-order chi connectivity index (χ0) is 19.6. The van der Waals surface area contributed by atoms with E-state index in [4.69, 9.17) is 0 Å². The van der Waals surface area contributed by atoms with Gasteiger partial charge >= 0.3 is 0 Å². The molecule has 0 saturated carbocycles. The van der Waals surface area contributed by atoms with Gasteiger partial charge in [-0.1, -0.05) is 19.1 Å². The highest BCUT2D eigenvalue weighted by molar-refractivity contribution is 7.89. The number of hydrogen-bond acceptors (Lipinski definition) is 3. The van der Waals surface area contributed by atoms with Gasteiger partial charge in [-0.25, -0.2) is 8.42 Å². The van der Waals surface area contributed by atoms with Gasteiger partial charge < -0.3 is 5.32 Å². The number of sulfonamides is 1. The molecule has 0 radical (unpaired) electrons. The number of hydrogen-bond donors (Lipinski definition) is 1. The number of piperidine rings is 1. The van der Waals surface area contributed by atoms with Crippen LogP contribution >= 0.6 is 0 Å². The highest BCUT2D eigenvalue weighted by Gasteiger charge is 2.28. The van der Waals surface area contributed by atoms with Crippen LogP contribution in [0.25, 0.3) is 0 Å². The van der Waals surface area contributed by atoms with Crippen molar-refractivity contribution in [3.8, 4) is 0 Å². The Morgan fingerprint density at radius 1 is 1.04 bits per heavy atom. The number of rotatable bonds is 4. The molecule has 1 amide bonds. The van der Waals surface area contributed by atoms with Gasteiger partial charge in [0.1, 0.15) is 0 Å². The number of nitrogens with one attached hydrogen (secondary N) is 1. The molecule has 1 aliphatic heterocycles. The van der Waals surface area contributed by atoms with Crippen molar-refractivity contribution in [3.63, 3.8) is 0 Å². The van der Waals surface area contributed by atoms with E-state index in [0.717, 1.165) is 29.7 Å². The van der Waals surface area contributed by atoms with Gasteiger partial charge in [-0.2, -0.15) is 4.31 Å². The monoisotopic (exact) mass is 386 g/mol. The molecule has 0 aliphatic carbocycles. The number of benzene rings is 2. The van der Waals surface area contributed by atoms with E-state index in [9.17, 15) is 13.2 Å². The molecule has 2 aromatic carbocycles. The fourth-order valence-electron chi connectivity index (χ4n) is 3.22. The molecule has 2 aromatic rings. The second-order valence-corrected chi connectivity index (χ2v) is 9.32. The molecule has 0 aromatic heterocycles. The Morgan fingerprint density at radius 2 is 1.67 bits per heavy atom. The minimum absolute atomic E-state index is 0.236. The molecule has 144 valence electrons. The average Bonchev–Trinajstić information content (AvgIpc) is 2.65. The molecular formula is C21H26N2O3S. The number of carbonyl (C=O) groups is 1. The van der Waals surface area contributed by atoms with Gasteiger partial charge in [-0.15, -0.1) is 0 Å². The van der Waals surface area contributed by atoms with Crippen LogP contribution in [0, 0.1) is 19.8 Å². The zero-order valence-electron chi connectivity index (χ0n) is 16.0. The summed E-state index contributed by atoms with van der Waals surface area (Å²) >= 11 is 0. The molecular weight excluding hydrogens is 360 g/mol. The first-order chi connectivity index (χ1) is 12.8. The number of anilines is 1. The predicted molar refractivity (Wildman–Crippen MR) is 107 cm³/mol. The summed E-state index contributed by atoms with van der Waals surface area (Å²) in [5.74, 6) is 0.312. The molecule has 1 heterocycles. The molecule has 0 unspecified atom stereocenters. The van der Waals surface area contributed by atoms with Crippen LogP contribution in [0.15, 0.2) is 47.4 Å². The van der Waals surface area contributed by atoms with E-state index in [0.29, 0.717) is 24.6 Å². The molecule has 0 atom stereocenters. The fraction of sp³-hybridized carbons (Fsp3) is 0.381. The second-order valence-electron chi connectivity index (χ2n) is 7.38. The Labute approximate surface area is 161 Å². The summed E-state index contributed by atoms with van der Waals surface area (Å²) in [7, 11) is -3.50. The standard InChI is InChI=1S/C21H26N2O3S/c1-15-10-12-23(13-11-15)27(25,26)19-8-6-18(7-9-19)21(24)22-20-14-16(2)4-5-17(20)3/h4-9,14-15H,10-13H2,1-3H3,(H,22,24). The highest BCUT2D eigenvalue weighted by atomic mass is 32.2. The summed E-state index contributed by atoms with van der Waals surface area (Å²) in [5.41, 5.74) is 3.24. The topological polar surface area (TPSA) is 66.5 Å². The molecule has 5 nitrogen and oxygen atoms in total. The van der Waals surface area contributed by atoms with Crippen molar-refractivity contribution in [3.05, 3.63) is 59.2 Å². The van der Waals surface area contributed by atoms with E-state index in [1.807, 2.05) is 32.0 Å². The lowest BCUT2D eigenvalue weighted by Crippen LogP contribution is -2.37. The van der Waals surface area contributed by atoms with Gasteiger partial charge in [-0.05, 0) is 74.1 Å².